The molecule has 0 unspecified atom stereocenters. The summed E-state index contributed by atoms with van der Waals surface area (Å²) in [5.74, 6) is -6.33. The van der Waals surface area contributed by atoms with E-state index in [2.05, 4.69) is 21.3 Å². The minimum absolute atomic E-state index is 0.0327. The number of likely N-dealkylation sites (N-methyl/N-ethyl adjacent to an activating group) is 2. The summed E-state index contributed by atoms with van der Waals surface area (Å²) in [5.41, 5.74) is -4.78. The molecule has 1 saturated heterocycles. The summed E-state index contributed by atoms with van der Waals surface area (Å²) in [6.45, 7) is 10.0. The topological polar surface area (TPSA) is 206 Å². The number of nitrogens with one attached hydrogen (secondary N) is 5. The van der Waals surface area contributed by atoms with Gasteiger partial charge in [0.1, 0.15) is 35.7 Å². The van der Waals surface area contributed by atoms with Gasteiger partial charge in [0.25, 0.3) is 5.91 Å². The fraction of sp³-hybridized carbons (Fsp3) is 0.667. The Balaban J connectivity index is 2.52. The van der Waals surface area contributed by atoms with Gasteiger partial charge in [0.15, 0.2) is 0 Å². The summed E-state index contributed by atoms with van der Waals surface area (Å²) in [6.07, 6.45) is -4.88. The van der Waals surface area contributed by atoms with Crippen LogP contribution in [-0.2, 0) is 40.0 Å². The van der Waals surface area contributed by atoms with Crippen LogP contribution in [0, 0.1) is 5.92 Å². The van der Waals surface area contributed by atoms with Crippen molar-refractivity contribution in [2.75, 3.05) is 20.6 Å². The van der Waals surface area contributed by atoms with E-state index in [1.807, 2.05) is 19.2 Å². The lowest BCUT2D eigenvalue weighted by atomic mass is 9.97. The molecule has 1 aliphatic heterocycles. The van der Waals surface area contributed by atoms with E-state index < -0.39 is 88.9 Å². The zero-order valence-electron chi connectivity index (χ0n) is 34.9. The number of carbonyl (C=O) groups is 7. The van der Waals surface area contributed by atoms with Crippen molar-refractivity contribution in [3.05, 3.63) is 33.8 Å². The highest BCUT2D eigenvalue weighted by Crippen LogP contribution is 2.30. The molecule has 20 heteroatoms. The lowest BCUT2D eigenvalue weighted by molar-refractivity contribution is -0.245. The molecule has 15 nitrogen and oxygen atoms in total. The number of benzene rings is 1. The molecule has 0 aromatic heterocycles. The van der Waals surface area contributed by atoms with Crippen LogP contribution in [0.5, 0.6) is 0 Å². The van der Waals surface area contributed by atoms with Crippen LogP contribution in [0.2, 0.25) is 10.0 Å². The fourth-order valence-corrected chi connectivity index (χ4v) is 6.69. The Morgan fingerprint density at radius 1 is 1.02 bits per heavy atom. The van der Waals surface area contributed by atoms with E-state index in [9.17, 15) is 51.8 Å². The highest BCUT2D eigenvalue weighted by atomic mass is 35.5. The Morgan fingerprint density at radius 2 is 1.63 bits per heavy atom. The van der Waals surface area contributed by atoms with Gasteiger partial charge < -0.3 is 41.5 Å². The van der Waals surface area contributed by atoms with Crippen molar-refractivity contribution in [1.82, 2.24) is 36.4 Å². The number of nitrogens with zero attached hydrogens (tertiary/aromatic N) is 2. The van der Waals surface area contributed by atoms with Crippen LogP contribution in [0.15, 0.2) is 18.2 Å². The standard InChI is InChI=1S/C39H58Cl2F3N7O8/c1-10-25(48-36(58)38(7,59)39(42,43)44)30(52)46-26(11-2)33(55)50(8)28-14-12-13-17-45-35(57)37(5,6)49-32(54)29(20-22-19-23(40)15-16-24(22)41)51(9)34(56)27(18-21(3)4)47-31(28)53/h15-16,19,21,25-29,59H,10-14,17-18,20H2,1-9H3,(H,45,57)(H,46,52)(H,47,53)(H,48,58)(H,49,54)/t25-,26-,27-,28-,29-,38+/m0/s1. The molecular weight excluding hydrogens is 822 g/mol. The number of alkyl halides is 3. The number of amides is 7. The maximum atomic E-state index is 14.4. The highest BCUT2D eigenvalue weighted by Gasteiger charge is 2.56. The summed E-state index contributed by atoms with van der Waals surface area (Å²) in [6, 6.07) is -1.87. The number of carbonyl (C=O) groups excluding carboxylic acids is 7. The van der Waals surface area contributed by atoms with Gasteiger partial charge in [-0.3, -0.25) is 33.6 Å². The zero-order valence-corrected chi connectivity index (χ0v) is 36.5. The molecule has 1 aromatic rings. The third-order valence-electron chi connectivity index (χ3n) is 10.2. The van der Waals surface area contributed by atoms with Crippen molar-refractivity contribution in [2.24, 2.45) is 5.92 Å². The Hall–Kier alpha value is -4.16. The number of rotatable bonds is 12. The monoisotopic (exact) mass is 879 g/mol. The second kappa shape index (κ2) is 21.4. The molecular formula is C39H58Cl2F3N7O8. The zero-order chi connectivity index (χ0) is 45.2. The van der Waals surface area contributed by atoms with E-state index >= 15 is 0 Å². The molecule has 1 heterocycles. The smallest absolute Gasteiger partial charge is 0.373 e. The van der Waals surface area contributed by atoms with Crippen LogP contribution < -0.4 is 26.6 Å². The summed E-state index contributed by atoms with van der Waals surface area (Å²) in [7, 11) is 2.71. The third-order valence-corrected chi connectivity index (χ3v) is 10.8. The molecule has 332 valence electrons. The summed E-state index contributed by atoms with van der Waals surface area (Å²) >= 11 is 12.7. The first-order chi connectivity index (χ1) is 27.2. The number of halogens is 5. The van der Waals surface area contributed by atoms with E-state index in [4.69, 9.17) is 23.2 Å². The predicted molar refractivity (Wildman–Crippen MR) is 215 cm³/mol. The van der Waals surface area contributed by atoms with E-state index in [0.29, 0.717) is 23.4 Å². The highest BCUT2D eigenvalue weighted by molar-refractivity contribution is 6.33. The lowest BCUT2D eigenvalue weighted by Gasteiger charge is -2.36. The molecule has 0 spiro atoms. The predicted octanol–water partition coefficient (Wildman–Crippen LogP) is 3.02. The number of hydrogen-bond donors (Lipinski definition) is 6. The van der Waals surface area contributed by atoms with Gasteiger partial charge in [-0.1, -0.05) is 50.9 Å². The quantitative estimate of drug-likeness (QED) is 0.184. The van der Waals surface area contributed by atoms with Gasteiger partial charge in [-0.25, -0.2) is 0 Å². The van der Waals surface area contributed by atoms with Gasteiger partial charge in [0.05, 0.1) is 0 Å². The van der Waals surface area contributed by atoms with Crippen LogP contribution >= 0.6 is 23.2 Å². The molecule has 59 heavy (non-hydrogen) atoms. The van der Waals surface area contributed by atoms with Crippen molar-refractivity contribution in [3.8, 4) is 0 Å². The van der Waals surface area contributed by atoms with Crippen molar-refractivity contribution < 1.29 is 51.8 Å². The Kier molecular flexibility index (Phi) is 18.5. The normalized spacial score (nSPS) is 22.0. The molecule has 7 amide bonds. The molecule has 6 atom stereocenters. The Labute approximate surface area is 353 Å². The van der Waals surface area contributed by atoms with Gasteiger partial charge in [-0.15, -0.1) is 0 Å². The van der Waals surface area contributed by atoms with Crippen LogP contribution in [0.3, 0.4) is 0 Å². The molecule has 1 aliphatic rings. The van der Waals surface area contributed by atoms with Crippen LogP contribution in [0.4, 0.5) is 13.2 Å². The van der Waals surface area contributed by atoms with Crippen molar-refractivity contribution in [3.63, 3.8) is 0 Å². The van der Waals surface area contributed by atoms with Gasteiger partial charge in [-0.05, 0) is 89.0 Å². The average molecular weight is 881 g/mol. The van der Waals surface area contributed by atoms with E-state index in [0.717, 1.165) is 4.90 Å². The minimum atomic E-state index is -5.33. The van der Waals surface area contributed by atoms with Gasteiger partial charge in [-0.2, -0.15) is 13.2 Å². The Morgan fingerprint density at radius 3 is 2.19 bits per heavy atom. The maximum absolute atomic E-state index is 14.4. The third kappa shape index (κ3) is 13.7. The molecule has 2 rings (SSSR count). The first-order valence-electron chi connectivity index (χ1n) is 19.5. The summed E-state index contributed by atoms with van der Waals surface area (Å²) in [5, 5.41) is 23.0. The number of hydrogen-bond acceptors (Lipinski definition) is 8. The number of aliphatic hydroxyl groups is 1. The van der Waals surface area contributed by atoms with Crippen molar-refractivity contribution in [1.29, 1.82) is 0 Å². The Bertz CT molecular complexity index is 1710. The van der Waals surface area contributed by atoms with Crippen LogP contribution in [-0.4, -0.2) is 124 Å². The second-order valence-electron chi connectivity index (χ2n) is 15.9. The van der Waals surface area contributed by atoms with Crippen LogP contribution in [0.25, 0.3) is 0 Å². The largest absolute Gasteiger partial charge is 0.426 e. The van der Waals surface area contributed by atoms with E-state index in [1.165, 1.54) is 39.8 Å². The molecule has 6 N–H and O–H groups in total. The molecule has 0 aliphatic carbocycles. The molecule has 1 aromatic carbocycles. The SMILES string of the molecule is CC[C@H](NC(=O)[C@@](C)(O)C(F)(F)F)C(=O)N[C@@H](CC)C(=O)N(C)[C@H]1CCCCNC(=O)C(C)(C)NC(=O)[C@H](Cc2cc(Cl)ccc2Cl)N(C)C(=O)[C@H](CC(C)C)NC1=O. The van der Waals surface area contributed by atoms with Crippen LogP contribution in [0.1, 0.15) is 92.6 Å². The van der Waals surface area contributed by atoms with Crippen molar-refractivity contribution >= 4 is 64.6 Å². The van der Waals surface area contributed by atoms with Gasteiger partial charge in [0, 0.05) is 37.1 Å². The molecule has 1 fully saturated rings. The first kappa shape index (κ1) is 51.0. The minimum Gasteiger partial charge on any atom is -0.373 e. The summed E-state index contributed by atoms with van der Waals surface area (Å²) in [4.78, 5) is 97.7. The summed E-state index contributed by atoms with van der Waals surface area (Å²) < 4.78 is 39.8. The average Bonchev–Trinajstić information content (AvgIpc) is 3.14. The second-order valence-corrected chi connectivity index (χ2v) is 16.7. The van der Waals surface area contributed by atoms with E-state index in [-0.39, 0.29) is 56.5 Å². The van der Waals surface area contributed by atoms with E-state index in [1.54, 1.807) is 25.1 Å². The molecule has 0 radical (unpaired) electrons. The first-order valence-corrected chi connectivity index (χ1v) is 20.2. The van der Waals surface area contributed by atoms with Gasteiger partial charge in [0.2, 0.25) is 41.0 Å². The maximum Gasteiger partial charge on any atom is 0.426 e. The van der Waals surface area contributed by atoms with Gasteiger partial charge >= 0.3 is 6.18 Å². The van der Waals surface area contributed by atoms with Crippen molar-refractivity contribution in [2.45, 2.75) is 141 Å². The molecule has 0 saturated carbocycles. The fourth-order valence-electron chi connectivity index (χ4n) is 6.30. The lowest BCUT2D eigenvalue weighted by Crippen LogP contribution is -2.62. The molecule has 0 bridgehead atoms.